The molecule has 0 aromatic heterocycles. The zero-order chi connectivity index (χ0) is 21.3. The summed E-state index contributed by atoms with van der Waals surface area (Å²) in [7, 11) is 0. The highest BCUT2D eigenvalue weighted by Gasteiger charge is 2.29. The third-order valence-electron chi connectivity index (χ3n) is 4.35. The Kier molecular flexibility index (Phi) is 8.48. The predicted molar refractivity (Wildman–Crippen MR) is 101 cm³/mol. The van der Waals surface area contributed by atoms with Crippen LogP contribution in [0.15, 0.2) is 48.5 Å². The molecule has 0 fully saturated rings. The van der Waals surface area contributed by atoms with Crippen LogP contribution < -0.4 is 10.1 Å². The Morgan fingerprint density at radius 1 is 1.14 bits per heavy atom. The fourth-order valence-corrected chi connectivity index (χ4v) is 2.75. The molecule has 0 bridgehead atoms. The Bertz CT molecular complexity index is 778. The van der Waals surface area contributed by atoms with Crippen molar-refractivity contribution >= 4 is 5.91 Å². The average molecular weight is 411 g/mol. The number of alkyl halides is 3. The molecule has 0 aliphatic rings. The molecule has 158 valence electrons. The third kappa shape index (κ3) is 7.75. The summed E-state index contributed by atoms with van der Waals surface area (Å²) in [5.74, 6) is 0.422. The molecule has 0 heterocycles. The SMILES string of the molecule is CC(=O)NCc1ccccc1OCC(CCCc1ccc(C(F)(F)F)cc1)OO. The van der Waals surface area contributed by atoms with Gasteiger partial charge in [-0.15, -0.1) is 0 Å². The summed E-state index contributed by atoms with van der Waals surface area (Å²) >= 11 is 0. The molecule has 2 aromatic carbocycles. The molecular weight excluding hydrogens is 387 g/mol. The summed E-state index contributed by atoms with van der Waals surface area (Å²) in [6.07, 6.45) is -3.31. The van der Waals surface area contributed by atoms with Crippen molar-refractivity contribution in [2.45, 2.75) is 45.0 Å². The van der Waals surface area contributed by atoms with Crippen LogP contribution in [0.2, 0.25) is 0 Å². The Morgan fingerprint density at radius 2 is 1.83 bits per heavy atom. The quantitative estimate of drug-likeness (QED) is 0.443. The van der Waals surface area contributed by atoms with Crippen molar-refractivity contribution in [1.82, 2.24) is 5.32 Å². The summed E-state index contributed by atoms with van der Waals surface area (Å²) in [6.45, 7) is 1.85. The van der Waals surface area contributed by atoms with Gasteiger partial charge in [0.15, 0.2) is 0 Å². The van der Waals surface area contributed by atoms with Crippen molar-refractivity contribution < 1.29 is 32.8 Å². The highest BCUT2D eigenvalue weighted by molar-refractivity contribution is 5.72. The predicted octanol–water partition coefficient (Wildman–Crippen LogP) is 4.60. The van der Waals surface area contributed by atoms with Gasteiger partial charge in [-0.05, 0) is 43.0 Å². The average Bonchev–Trinajstić information content (AvgIpc) is 2.69. The summed E-state index contributed by atoms with van der Waals surface area (Å²) in [4.78, 5) is 15.6. The third-order valence-corrected chi connectivity index (χ3v) is 4.35. The van der Waals surface area contributed by atoms with Crippen LogP contribution in [0, 0.1) is 0 Å². The van der Waals surface area contributed by atoms with E-state index in [2.05, 4.69) is 10.2 Å². The largest absolute Gasteiger partial charge is 0.490 e. The Hall–Kier alpha value is -2.58. The van der Waals surface area contributed by atoms with Gasteiger partial charge in [-0.25, -0.2) is 4.89 Å². The van der Waals surface area contributed by atoms with Crippen molar-refractivity contribution in [3.63, 3.8) is 0 Å². The summed E-state index contributed by atoms with van der Waals surface area (Å²) in [5, 5.41) is 11.8. The van der Waals surface area contributed by atoms with Crippen LogP contribution in [-0.2, 0) is 28.8 Å². The van der Waals surface area contributed by atoms with Crippen molar-refractivity contribution in [2.75, 3.05) is 6.61 Å². The number of carbonyl (C=O) groups is 1. The topological polar surface area (TPSA) is 67.8 Å². The van der Waals surface area contributed by atoms with Crippen LogP contribution in [0.25, 0.3) is 0 Å². The van der Waals surface area contributed by atoms with E-state index in [1.54, 1.807) is 12.1 Å². The van der Waals surface area contributed by atoms with E-state index in [-0.39, 0.29) is 12.5 Å². The maximum absolute atomic E-state index is 12.6. The van der Waals surface area contributed by atoms with Gasteiger partial charge in [0, 0.05) is 19.0 Å². The number of ether oxygens (including phenoxy) is 1. The minimum atomic E-state index is -4.35. The van der Waals surface area contributed by atoms with Crippen LogP contribution >= 0.6 is 0 Å². The summed E-state index contributed by atoms with van der Waals surface area (Å²) in [5.41, 5.74) is 0.893. The van der Waals surface area contributed by atoms with E-state index in [4.69, 9.17) is 9.99 Å². The molecule has 0 saturated carbocycles. The lowest BCUT2D eigenvalue weighted by Crippen LogP contribution is -2.22. The van der Waals surface area contributed by atoms with E-state index >= 15 is 0 Å². The first-order valence-corrected chi connectivity index (χ1v) is 9.21. The smallest absolute Gasteiger partial charge is 0.416 e. The van der Waals surface area contributed by atoms with E-state index in [0.29, 0.717) is 31.6 Å². The van der Waals surface area contributed by atoms with Gasteiger partial charge in [0.25, 0.3) is 0 Å². The van der Waals surface area contributed by atoms with E-state index < -0.39 is 17.8 Å². The number of hydrogen-bond acceptors (Lipinski definition) is 4. The number of carbonyl (C=O) groups excluding carboxylic acids is 1. The number of benzene rings is 2. The maximum Gasteiger partial charge on any atom is 0.416 e. The lowest BCUT2D eigenvalue weighted by atomic mass is 10.0. The molecule has 1 atom stereocenters. The first kappa shape index (κ1) is 22.7. The molecule has 2 N–H and O–H groups in total. The van der Waals surface area contributed by atoms with Crippen molar-refractivity contribution in [1.29, 1.82) is 0 Å². The van der Waals surface area contributed by atoms with E-state index in [0.717, 1.165) is 23.3 Å². The first-order valence-electron chi connectivity index (χ1n) is 9.21. The lowest BCUT2D eigenvalue weighted by molar-refractivity contribution is -0.284. The van der Waals surface area contributed by atoms with Gasteiger partial charge in [-0.1, -0.05) is 30.3 Å². The molecule has 0 aliphatic carbocycles. The minimum Gasteiger partial charge on any atom is -0.490 e. The number of rotatable bonds is 10. The Balaban J connectivity index is 1.82. The molecular formula is C21H24F3NO4. The minimum absolute atomic E-state index is 0.0978. The van der Waals surface area contributed by atoms with Crippen molar-refractivity contribution in [3.05, 3.63) is 65.2 Å². The molecule has 5 nitrogen and oxygen atoms in total. The van der Waals surface area contributed by atoms with Crippen molar-refractivity contribution in [2.24, 2.45) is 0 Å². The van der Waals surface area contributed by atoms with Gasteiger partial charge >= 0.3 is 6.18 Å². The molecule has 1 amide bonds. The fraction of sp³-hybridized carbons (Fsp3) is 0.381. The van der Waals surface area contributed by atoms with Gasteiger partial charge in [0.2, 0.25) is 5.91 Å². The first-order chi connectivity index (χ1) is 13.8. The summed E-state index contributed by atoms with van der Waals surface area (Å²) in [6, 6.07) is 12.2. The number of aryl methyl sites for hydroxylation is 1. The summed E-state index contributed by atoms with van der Waals surface area (Å²) < 4.78 is 43.5. The van der Waals surface area contributed by atoms with Gasteiger partial charge in [-0.3, -0.25) is 10.1 Å². The monoisotopic (exact) mass is 411 g/mol. The van der Waals surface area contributed by atoms with E-state index in [1.807, 2.05) is 12.1 Å². The number of halogens is 3. The van der Waals surface area contributed by atoms with Crippen LogP contribution in [0.1, 0.15) is 36.5 Å². The van der Waals surface area contributed by atoms with E-state index in [9.17, 15) is 18.0 Å². The van der Waals surface area contributed by atoms with Gasteiger partial charge in [-0.2, -0.15) is 13.2 Å². The van der Waals surface area contributed by atoms with E-state index in [1.165, 1.54) is 19.1 Å². The van der Waals surface area contributed by atoms with Crippen molar-refractivity contribution in [3.8, 4) is 5.75 Å². The van der Waals surface area contributed by atoms with Crippen LogP contribution in [-0.4, -0.2) is 23.9 Å². The fourth-order valence-electron chi connectivity index (χ4n) is 2.75. The van der Waals surface area contributed by atoms with Crippen LogP contribution in [0.5, 0.6) is 5.75 Å². The second kappa shape index (κ2) is 10.8. The lowest BCUT2D eigenvalue weighted by Gasteiger charge is -2.17. The highest BCUT2D eigenvalue weighted by atomic mass is 19.4. The van der Waals surface area contributed by atoms with Gasteiger partial charge in [0.05, 0.1) is 5.56 Å². The number of hydrogen-bond donors (Lipinski definition) is 2. The number of nitrogens with one attached hydrogen (secondary N) is 1. The number of para-hydroxylation sites is 1. The molecule has 0 spiro atoms. The standard InChI is InChI=1S/C21H24F3NO4/c1-15(26)25-13-17-6-2-3-8-20(17)28-14-19(29-27)7-4-5-16-9-11-18(12-10-16)21(22,23)24/h2-3,6,8-12,19,27H,4-5,7,13-14H2,1H3,(H,25,26). The van der Waals surface area contributed by atoms with Gasteiger partial charge < -0.3 is 10.1 Å². The maximum atomic E-state index is 12.6. The van der Waals surface area contributed by atoms with Gasteiger partial charge in [0.1, 0.15) is 18.5 Å². The molecule has 2 rings (SSSR count). The molecule has 0 radical (unpaired) electrons. The molecule has 2 aromatic rings. The number of amides is 1. The van der Waals surface area contributed by atoms with Crippen LogP contribution in [0.4, 0.5) is 13.2 Å². The highest BCUT2D eigenvalue weighted by Crippen LogP contribution is 2.29. The van der Waals surface area contributed by atoms with Crippen LogP contribution in [0.3, 0.4) is 0 Å². The Labute approximate surface area is 167 Å². The molecule has 0 saturated heterocycles. The molecule has 0 aliphatic heterocycles. The Morgan fingerprint density at radius 3 is 2.45 bits per heavy atom. The molecule has 29 heavy (non-hydrogen) atoms. The molecule has 1 unspecified atom stereocenters. The molecule has 8 heteroatoms. The zero-order valence-corrected chi connectivity index (χ0v) is 16.0. The second-order valence-electron chi connectivity index (χ2n) is 6.64. The normalized spacial score (nSPS) is 12.4. The zero-order valence-electron chi connectivity index (χ0n) is 16.0. The second-order valence-corrected chi connectivity index (χ2v) is 6.64.